The number of nitrogens with zero attached hydrogens (tertiary/aromatic N) is 2. The van der Waals surface area contributed by atoms with E-state index in [1.54, 1.807) is 30.2 Å². The first-order valence-electron chi connectivity index (χ1n) is 13.0. The normalized spacial score (nSPS) is 19.3. The van der Waals surface area contributed by atoms with E-state index < -0.39 is 17.7 Å². The van der Waals surface area contributed by atoms with Gasteiger partial charge >= 0.3 is 0 Å². The Morgan fingerprint density at radius 2 is 1.67 bits per heavy atom. The Hall–Kier alpha value is -4.14. The van der Waals surface area contributed by atoms with Crippen LogP contribution in [0.2, 0.25) is 0 Å². The highest BCUT2D eigenvalue weighted by Crippen LogP contribution is 2.41. The van der Waals surface area contributed by atoms with Gasteiger partial charge in [-0.05, 0) is 60.5 Å². The van der Waals surface area contributed by atoms with Crippen LogP contribution in [0.25, 0.3) is 5.76 Å². The van der Waals surface area contributed by atoms with E-state index in [1.165, 1.54) is 0 Å². The Labute approximate surface area is 228 Å². The number of carbonyl (C=O) groups is 2. The van der Waals surface area contributed by atoms with E-state index in [1.807, 2.05) is 61.5 Å². The molecule has 0 saturated carbocycles. The van der Waals surface area contributed by atoms with Crippen molar-refractivity contribution in [2.45, 2.75) is 13.0 Å². The summed E-state index contributed by atoms with van der Waals surface area (Å²) in [6.07, 6.45) is 0. The maximum atomic E-state index is 13.5. The fourth-order valence-corrected chi connectivity index (χ4v) is 5.08. The lowest BCUT2D eigenvalue weighted by molar-refractivity contribution is -0.140. The highest BCUT2D eigenvalue weighted by atomic mass is 16.5. The summed E-state index contributed by atoms with van der Waals surface area (Å²) in [4.78, 5) is 30.7. The van der Waals surface area contributed by atoms with Gasteiger partial charge in [-0.25, -0.2) is 0 Å². The molecule has 2 heterocycles. The van der Waals surface area contributed by atoms with Gasteiger partial charge in [0.2, 0.25) is 0 Å². The molecule has 2 aliphatic heterocycles. The number of ketones is 1. The van der Waals surface area contributed by atoms with Crippen molar-refractivity contribution in [3.63, 3.8) is 0 Å². The number of aryl methyl sites for hydroxylation is 1. The number of carbonyl (C=O) groups excluding carboxylic acids is 2. The molecule has 0 aromatic heterocycles. The number of likely N-dealkylation sites (tertiary alicyclic amines) is 1. The van der Waals surface area contributed by atoms with E-state index in [-0.39, 0.29) is 11.3 Å². The van der Waals surface area contributed by atoms with Crippen LogP contribution in [0.15, 0.2) is 78.4 Å². The van der Waals surface area contributed by atoms with Crippen molar-refractivity contribution >= 4 is 17.4 Å². The van der Waals surface area contributed by atoms with Crippen LogP contribution >= 0.6 is 0 Å². The maximum Gasteiger partial charge on any atom is 0.295 e. The van der Waals surface area contributed by atoms with Crippen LogP contribution in [0.4, 0.5) is 0 Å². The number of methoxy groups -OCH3 is 1. The number of aliphatic hydroxyl groups is 1. The molecule has 8 heteroatoms. The summed E-state index contributed by atoms with van der Waals surface area (Å²) in [7, 11) is 1.57. The molecule has 0 bridgehead atoms. The quantitative estimate of drug-likeness (QED) is 0.261. The summed E-state index contributed by atoms with van der Waals surface area (Å²) >= 11 is 0. The summed E-state index contributed by atoms with van der Waals surface area (Å²) in [5, 5.41) is 11.5. The number of rotatable bonds is 8. The number of ether oxygens (including phenoxy) is 3. The van der Waals surface area contributed by atoms with E-state index in [2.05, 4.69) is 4.90 Å². The molecule has 0 aliphatic carbocycles. The number of para-hydroxylation sites is 1. The van der Waals surface area contributed by atoms with E-state index in [0.29, 0.717) is 54.7 Å². The summed E-state index contributed by atoms with van der Waals surface area (Å²) in [6, 6.07) is 21.2. The van der Waals surface area contributed by atoms with E-state index >= 15 is 0 Å². The minimum atomic E-state index is -0.771. The number of amides is 1. The Morgan fingerprint density at radius 3 is 2.38 bits per heavy atom. The largest absolute Gasteiger partial charge is 0.507 e. The molecule has 3 aromatic rings. The lowest BCUT2D eigenvalue weighted by Crippen LogP contribution is -2.42. The topological polar surface area (TPSA) is 88.5 Å². The third kappa shape index (κ3) is 5.67. The second-order valence-corrected chi connectivity index (χ2v) is 9.61. The molecular weight excluding hydrogens is 496 g/mol. The predicted octanol–water partition coefficient (Wildman–Crippen LogP) is 4.55. The van der Waals surface area contributed by atoms with Crippen LogP contribution in [0.1, 0.15) is 22.7 Å². The molecule has 2 fully saturated rings. The van der Waals surface area contributed by atoms with Gasteiger partial charge in [-0.1, -0.05) is 30.3 Å². The standard InChI is InChI=1S/C31H32N2O6/c1-21-19-24(37-2)11-12-26(21)29(34)27-28(22-7-6-10-25(20-22)39-23-8-4-3-5-9-23)33(31(36)30(27)35)14-13-32-15-17-38-18-16-32/h3-12,19-20,28,34H,13-18H2,1-2H3/t28-/m0/s1. The number of aliphatic hydroxyl groups excluding tert-OH is 1. The van der Waals surface area contributed by atoms with Gasteiger partial charge in [0.1, 0.15) is 23.0 Å². The first-order valence-corrected chi connectivity index (χ1v) is 13.0. The van der Waals surface area contributed by atoms with Gasteiger partial charge < -0.3 is 24.2 Å². The molecule has 39 heavy (non-hydrogen) atoms. The second kappa shape index (κ2) is 11.7. The highest BCUT2D eigenvalue weighted by Gasteiger charge is 2.46. The van der Waals surface area contributed by atoms with Crippen LogP contribution in [-0.2, 0) is 14.3 Å². The molecule has 2 aliphatic rings. The number of morpholine rings is 1. The predicted molar refractivity (Wildman–Crippen MR) is 147 cm³/mol. The third-order valence-electron chi connectivity index (χ3n) is 7.14. The lowest BCUT2D eigenvalue weighted by atomic mass is 9.93. The minimum Gasteiger partial charge on any atom is -0.507 e. The molecule has 5 rings (SSSR count). The highest BCUT2D eigenvalue weighted by molar-refractivity contribution is 6.46. The molecular formula is C31H32N2O6. The first kappa shape index (κ1) is 26.5. The van der Waals surface area contributed by atoms with Gasteiger partial charge in [-0.15, -0.1) is 0 Å². The molecule has 1 amide bonds. The van der Waals surface area contributed by atoms with Crippen LogP contribution in [0, 0.1) is 6.92 Å². The molecule has 202 valence electrons. The van der Waals surface area contributed by atoms with Gasteiger partial charge in [0.25, 0.3) is 11.7 Å². The first-order chi connectivity index (χ1) is 19.0. The van der Waals surface area contributed by atoms with E-state index in [0.717, 1.165) is 18.7 Å². The molecule has 1 N–H and O–H groups in total. The Bertz CT molecular complexity index is 1380. The Morgan fingerprint density at radius 1 is 0.923 bits per heavy atom. The molecule has 2 saturated heterocycles. The fourth-order valence-electron chi connectivity index (χ4n) is 5.08. The summed E-state index contributed by atoms with van der Waals surface area (Å²) < 4.78 is 16.8. The van der Waals surface area contributed by atoms with Gasteiger partial charge in [-0.2, -0.15) is 0 Å². The third-order valence-corrected chi connectivity index (χ3v) is 7.14. The van der Waals surface area contributed by atoms with Crippen molar-refractivity contribution in [1.29, 1.82) is 0 Å². The second-order valence-electron chi connectivity index (χ2n) is 9.61. The van der Waals surface area contributed by atoms with Gasteiger partial charge in [-0.3, -0.25) is 14.5 Å². The molecule has 0 radical (unpaired) electrons. The zero-order valence-electron chi connectivity index (χ0n) is 22.1. The van der Waals surface area contributed by atoms with E-state index in [4.69, 9.17) is 14.2 Å². The minimum absolute atomic E-state index is 0.0621. The zero-order valence-corrected chi connectivity index (χ0v) is 22.1. The van der Waals surface area contributed by atoms with Crippen LogP contribution in [0.5, 0.6) is 17.2 Å². The monoisotopic (exact) mass is 528 g/mol. The van der Waals surface area contributed by atoms with Gasteiger partial charge in [0.05, 0.1) is 31.9 Å². The molecule has 3 aromatic carbocycles. The van der Waals surface area contributed by atoms with Crippen LogP contribution in [-0.4, -0.2) is 73.1 Å². The van der Waals surface area contributed by atoms with Gasteiger partial charge in [0.15, 0.2) is 0 Å². The van der Waals surface area contributed by atoms with Crippen molar-refractivity contribution in [1.82, 2.24) is 9.80 Å². The Balaban J connectivity index is 1.55. The number of hydrogen-bond donors (Lipinski definition) is 1. The van der Waals surface area contributed by atoms with Crippen molar-refractivity contribution in [2.24, 2.45) is 0 Å². The van der Waals surface area contributed by atoms with Crippen molar-refractivity contribution in [3.05, 3.63) is 95.1 Å². The summed E-state index contributed by atoms with van der Waals surface area (Å²) in [6.45, 7) is 5.55. The van der Waals surface area contributed by atoms with Crippen molar-refractivity contribution in [3.8, 4) is 17.2 Å². The average molecular weight is 529 g/mol. The SMILES string of the molecule is COc1ccc(C(O)=C2C(=O)C(=O)N(CCN3CCOCC3)[C@H]2c2cccc(Oc3ccccc3)c2)c(C)c1. The molecule has 0 unspecified atom stereocenters. The maximum absolute atomic E-state index is 13.5. The lowest BCUT2D eigenvalue weighted by Gasteiger charge is -2.31. The molecule has 0 spiro atoms. The number of benzene rings is 3. The Kier molecular flexibility index (Phi) is 7.95. The number of hydrogen-bond acceptors (Lipinski definition) is 7. The van der Waals surface area contributed by atoms with Crippen LogP contribution in [0.3, 0.4) is 0 Å². The smallest absolute Gasteiger partial charge is 0.295 e. The summed E-state index contributed by atoms with van der Waals surface area (Å²) in [5.41, 5.74) is 1.94. The fraction of sp³-hybridized carbons (Fsp3) is 0.290. The van der Waals surface area contributed by atoms with Crippen molar-refractivity contribution < 1.29 is 28.9 Å². The molecule has 8 nitrogen and oxygen atoms in total. The van der Waals surface area contributed by atoms with Crippen LogP contribution < -0.4 is 9.47 Å². The molecule has 1 atom stereocenters. The van der Waals surface area contributed by atoms with Gasteiger partial charge in [0, 0.05) is 31.7 Å². The van der Waals surface area contributed by atoms with Crippen molar-refractivity contribution in [2.75, 3.05) is 46.5 Å². The summed E-state index contributed by atoms with van der Waals surface area (Å²) in [5.74, 6) is 0.335. The van der Waals surface area contributed by atoms with E-state index in [9.17, 15) is 14.7 Å². The number of Topliss-reactive ketones (excluding diaryl/α,β-unsaturated/α-hetero) is 1. The zero-order chi connectivity index (χ0) is 27.4. The average Bonchev–Trinajstić information content (AvgIpc) is 3.22.